The summed E-state index contributed by atoms with van der Waals surface area (Å²) in [4.78, 5) is 11.8. The molecule has 27 heavy (non-hydrogen) atoms. The number of ether oxygens (including phenoxy) is 4. The van der Waals surface area contributed by atoms with Gasteiger partial charge in [-0.25, -0.2) is 0 Å². The number of carbonyl (C=O) groups is 1. The van der Waals surface area contributed by atoms with Crippen LogP contribution in [0.3, 0.4) is 0 Å². The van der Waals surface area contributed by atoms with Crippen LogP contribution in [0.1, 0.15) is 77.6 Å². The van der Waals surface area contributed by atoms with Gasteiger partial charge in [0.2, 0.25) is 0 Å². The van der Waals surface area contributed by atoms with Gasteiger partial charge in [-0.15, -0.1) is 0 Å². The molecule has 1 saturated carbocycles. The molecule has 3 fully saturated rings. The van der Waals surface area contributed by atoms with Crippen LogP contribution in [0, 0.1) is 0 Å². The summed E-state index contributed by atoms with van der Waals surface area (Å²) < 4.78 is 22.8. The van der Waals surface area contributed by atoms with Gasteiger partial charge in [-0.1, -0.05) is 39.0 Å². The lowest BCUT2D eigenvalue weighted by Gasteiger charge is -2.33. The second kappa shape index (κ2) is 9.65. The average Bonchev–Trinajstić information content (AvgIpc) is 3.15. The van der Waals surface area contributed by atoms with Crippen LogP contribution >= 0.6 is 0 Å². The zero-order chi connectivity index (χ0) is 19.3. The van der Waals surface area contributed by atoms with Crippen molar-refractivity contribution in [2.45, 2.75) is 114 Å². The molecule has 0 radical (unpaired) electrons. The number of hydrogen-bond acceptors (Lipinski definition) is 7. The number of aliphatic hydroxyl groups excluding tert-OH is 2. The van der Waals surface area contributed by atoms with Crippen molar-refractivity contribution in [2.24, 2.45) is 0 Å². The van der Waals surface area contributed by atoms with Gasteiger partial charge in [-0.05, 0) is 19.3 Å². The fourth-order valence-corrected chi connectivity index (χ4v) is 4.23. The lowest BCUT2D eigenvalue weighted by atomic mass is 9.94. The SMILES string of the molecule is CCCCCCCC(=O)OC[C@@H](O)[C@H]1O[C@@H]2OC3(CCCCC3)O[C@@H]2[C@H]1O. The minimum Gasteiger partial charge on any atom is -0.463 e. The van der Waals surface area contributed by atoms with Crippen LogP contribution in [-0.4, -0.2) is 59.3 Å². The zero-order valence-corrected chi connectivity index (χ0v) is 16.3. The van der Waals surface area contributed by atoms with Crippen molar-refractivity contribution < 1.29 is 34.0 Å². The highest BCUT2D eigenvalue weighted by molar-refractivity contribution is 5.69. The van der Waals surface area contributed by atoms with E-state index in [1.165, 1.54) is 12.8 Å². The summed E-state index contributed by atoms with van der Waals surface area (Å²) in [5.41, 5.74) is 0. The van der Waals surface area contributed by atoms with Crippen molar-refractivity contribution in [3.8, 4) is 0 Å². The van der Waals surface area contributed by atoms with Crippen molar-refractivity contribution in [3.63, 3.8) is 0 Å². The normalized spacial score (nSPS) is 33.1. The Morgan fingerprint density at radius 2 is 1.89 bits per heavy atom. The molecule has 7 nitrogen and oxygen atoms in total. The van der Waals surface area contributed by atoms with Crippen molar-refractivity contribution >= 4 is 5.97 Å². The predicted molar refractivity (Wildman–Crippen MR) is 96.8 cm³/mol. The third-order valence-corrected chi connectivity index (χ3v) is 5.81. The molecule has 2 heterocycles. The summed E-state index contributed by atoms with van der Waals surface area (Å²) >= 11 is 0. The molecular formula is C20H34O7. The van der Waals surface area contributed by atoms with E-state index in [0.717, 1.165) is 51.4 Å². The Morgan fingerprint density at radius 3 is 2.59 bits per heavy atom. The Labute approximate surface area is 161 Å². The first-order valence-corrected chi connectivity index (χ1v) is 10.6. The molecular weight excluding hydrogens is 352 g/mol. The number of esters is 1. The van der Waals surface area contributed by atoms with Gasteiger partial charge in [-0.3, -0.25) is 4.79 Å². The highest BCUT2D eigenvalue weighted by Crippen LogP contribution is 2.45. The number of hydrogen-bond donors (Lipinski definition) is 2. The second-order valence-electron chi connectivity index (χ2n) is 8.05. The molecule has 1 aliphatic carbocycles. The number of unbranched alkanes of at least 4 members (excludes halogenated alkanes) is 4. The zero-order valence-electron chi connectivity index (χ0n) is 16.3. The average molecular weight is 386 g/mol. The smallest absolute Gasteiger partial charge is 0.305 e. The Morgan fingerprint density at radius 1 is 1.15 bits per heavy atom. The Bertz CT molecular complexity index is 477. The number of fused-ring (bicyclic) bond motifs is 1. The highest BCUT2D eigenvalue weighted by Gasteiger charge is 2.58. The minimum atomic E-state index is -1.11. The molecule has 0 unspecified atom stereocenters. The largest absolute Gasteiger partial charge is 0.463 e. The van der Waals surface area contributed by atoms with Crippen LogP contribution in [0.5, 0.6) is 0 Å². The quantitative estimate of drug-likeness (QED) is 0.464. The summed E-state index contributed by atoms with van der Waals surface area (Å²) in [7, 11) is 0. The van der Waals surface area contributed by atoms with Gasteiger partial charge >= 0.3 is 5.97 Å². The summed E-state index contributed by atoms with van der Waals surface area (Å²) in [5, 5.41) is 20.8. The fraction of sp³-hybridized carbons (Fsp3) is 0.950. The number of aliphatic hydroxyl groups is 2. The maximum absolute atomic E-state index is 11.8. The van der Waals surface area contributed by atoms with Gasteiger partial charge in [0, 0.05) is 19.3 Å². The van der Waals surface area contributed by atoms with E-state index >= 15 is 0 Å². The van der Waals surface area contributed by atoms with Gasteiger partial charge in [0.15, 0.2) is 12.1 Å². The number of carbonyl (C=O) groups excluding carboxylic acids is 1. The molecule has 0 amide bonds. The standard InChI is InChI=1S/C20H34O7/c1-2-3-4-5-7-10-15(22)24-13-14(21)17-16(23)18-19(25-17)27-20(26-18)11-8-6-9-12-20/h14,16-19,21,23H,2-13H2,1H3/t14-,16+,17-,18-,19-/m1/s1. The molecule has 7 heteroatoms. The first-order valence-electron chi connectivity index (χ1n) is 10.6. The van der Waals surface area contributed by atoms with Crippen molar-refractivity contribution in [1.29, 1.82) is 0 Å². The third kappa shape index (κ3) is 5.21. The summed E-state index contributed by atoms with van der Waals surface area (Å²) in [6.45, 7) is 1.95. The molecule has 0 aromatic heterocycles. The summed E-state index contributed by atoms with van der Waals surface area (Å²) in [6.07, 6.45) is 6.22. The van der Waals surface area contributed by atoms with Gasteiger partial charge in [0.05, 0.1) is 0 Å². The molecule has 5 atom stereocenters. The first-order chi connectivity index (χ1) is 13.0. The molecule has 1 spiro atoms. The van der Waals surface area contributed by atoms with E-state index in [0.29, 0.717) is 6.42 Å². The number of rotatable bonds is 9. The maximum Gasteiger partial charge on any atom is 0.305 e. The van der Waals surface area contributed by atoms with E-state index in [9.17, 15) is 15.0 Å². The molecule has 156 valence electrons. The summed E-state index contributed by atoms with van der Waals surface area (Å²) in [5.74, 6) is -0.971. The van der Waals surface area contributed by atoms with Crippen LogP contribution in [0.25, 0.3) is 0 Å². The molecule has 0 aromatic carbocycles. The first kappa shape index (κ1) is 21.0. The second-order valence-corrected chi connectivity index (χ2v) is 8.05. The van der Waals surface area contributed by atoms with E-state index < -0.39 is 36.5 Å². The Balaban J connectivity index is 1.38. The van der Waals surface area contributed by atoms with Crippen LogP contribution in [-0.2, 0) is 23.7 Å². The molecule has 3 aliphatic rings. The van der Waals surface area contributed by atoms with Crippen LogP contribution in [0.15, 0.2) is 0 Å². The molecule has 0 aromatic rings. The topological polar surface area (TPSA) is 94.5 Å². The predicted octanol–water partition coefficient (Wildman–Crippen LogP) is 2.41. The molecule has 2 N–H and O–H groups in total. The molecule has 2 saturated heterocycles. The van der Waals surface area contributed by atoms with Gasteiger partial charge in [0.1, 0.15) is 31.0 Å². The summed E-state index contributed by atoms with van der Waals surface area (Å²) in [6, 6.07) is 0. The monoisotopic (exact) mass is 386 g/mol. The minimum absolute atomic E-state index is 0.194. The molecule has 0 bridgehead atoms. The highest BCUT2D eigenvalue weighted by atomic mass is 16.8. The van der Waals surface area contributed by atoms with Crippen LogP contribution in [0.4, 0.5) is 0 Å². The fourth-order valence-electron chi connectivity index (χ4n) is 4.23. The van der Waals surface area contributed by atoms with E-state index in [1.807, 2.05) is 0 Å². The van der Waals surface area contributed by atoms with Gasteiger partial charge < -0.3 is 29.2 Å². The maximum atomic E-state index is 11.8. The Kier molecular flexibility index (Phi) is 7.50. The molecule has 2 aliphatic heterocycles. The Hall–Kier alpha value is -0.730. The van der Waals surface area contributed by atoms with Gasteiger partial charge in [0.25, 0.3) is 0 Å². The van der Waals surface area contributed by atoms with E-state index in [4.69, 9.17) is 18.9 Å². The van der Waals surface area contributed by atoms with E-state index in [-0.39, 0.29) is 12.6 Å². The van der Waals surface area contributed by atoms with Crippen molar-refractivity contribution in [1.82, 2.24) is 0 Å². The lowest BCUT2D eigenvalue weighted by Crippen LogP contribution is -2.44. The van der Waals surface area contributed by atoms with Gasteiger partial charge in [-0.2, -0.15) is 0 Å². The van der Waals surface area contributed by atoms with E-state index in [1.54, 1.807) is 0 Å². The van der Waals surface area contributed by atoms with Crippen molar-refractivity contribution in [2.75, 3.05) is 6.61 Å². The van der Waals surface area contributed by atoms with Crippen molar-refractivity contribution in [3.05, 3.63) is 0 Å². The molecule has 3 rings (SSSR count). The van der Waals surface area contributed by atoms with Crippen LogP contribution < -0.4 is 0 Å². The van der Waals surface area contributed by atoms with Crippen LogP contribution in [0.2, 0.25) is 0 Å². The van der Waals surface area contributed by atoms with E-state index in [2.05, 4.69) is 6.92 Å². The lowest BCUT2D eigenvalue weighted by molar-refractivity contribution is -0.254. The third-order valence-electron chi connectivity index (χ3n) is 5.81.